The Kier molecular flexibility index (Phi) is 2.69. The zero-order valence-electron chi connectivity index (χ0n) is 9.94. The highest BCUT2D eigenvalue weighted by atomic mass is 16.5. The zero-order chi connectivity index (χ0) is 11.7. The molecule has 0 bridgehead atoms. The van der Waals surface area contributed by atoms with E-state index in [4.69, 9.17) is 4.52 Å². The highest BCUT2D eigenvalue weighted by molar-refractivity contribution is 5.64. The summed E-state index contributed by atoms with van der Waals surface area (Å²) in [6, 6.07) is 8.95. The van der Waals surface area contributed by atoms with Crippen molar-refractivity contribution in [1.29, 1.82) is 0 Å². The van der Waals surface area contributed by atoms with Gasteiger partial charge in [0, 0.05) is 23.7 Å². The monoisotopic (exact) mass is 228 g/mol. The van der Waals surface area contributed by atoms with Crippen LogP contribution in [-0.2, 0) is 6.54 Å². The molecule has 0 spiro atoms. The van der Waals surface area contributed by atoms with Gasteiger partial charge in [0.05, 0.1) is 6.20 Å². The molecule has 0 saturated heterocycles. The first-order chi connectivity index (χ1) is 8.34. The van der Waals surface area contributed by atoms with Crippen molar-refractivity contribution >= 4 is 0 Å². The molecule has 3 rings (SSSR count). The van der Waals surface area contributed by atoms with Crippen molar-refractivity contribution in [3.63, 3.8) is 0 Å². The molecule has 1 N–H and O–H groups in total. The van der Waals surface area contributed by atoms with E-state index in [0.717, 1.165) is 23.4 Å². The van der Waals surface area contributed by atoms with Crippen LogP contribution in [0.1, 0.15) is 24.0 Å². The van der Waals surface area contributed by atoms with Gasteiger partial charge in [0.2, 0.25) is 0 Å². The fourth-order valence-corrected chi connectivity index (χ4v) is 1.98. The molecule has 3 heteroatoms. The maximum atomic E-state index is 5.39. The third-order valence-corrected chi connectivity index (χ3v) is 3.19. The lowest BCUT2D eigenvalue weighted by Gasteiger charge is -2.05. The highest BCUT2D eigenvalue weighted by Crippen LogP contribution is 2.27. The Hall–Kier alpha value is -1.61. The summed E-state index contributed by atoms with van der Waals surface area (Å²) < 4.78 is 5.39. The van der Waals surface area contributed by atoms with Crippen molar-refractivity contribution in [3.05, 3.63) is 41.6 Å². The number of benzene rings is 1. The van der Waals surface area contributed by atoms with Crippen molar-refractivity contribution in [2.45, 2.75) is 32.4 Å². The second-order valence-corrected chi connectivity index (χ2v) is 4.65. The minimum atomic E-state index is 0.703. The molecule has 0 unspecified atom stereocenters. The van der Waals surface area contributed by atoms with E-state index in [-0.39, 0.29) is 0 Å². The van der Waals surface area contributed by atoms with Crippen LogP contribution >= 0.6 is 0 Å². The number of hydrogen-bond donors (Lipinski definition) is 1. The van der Waals surface area contributed by atoms with E-state index in [2.05, 4.69) is 29.5 Å². The van der Waals surface area contributed by atoms with Gasteiger partial charge in [-0.15, -0.1) is 0 Å². The number of aryl methyl sites for hydroxylation is 1. The number of nitrogens with one attached hydrogen (secondary N) is 1. The SMILES string of the molecule is Cc1ccccc1-c1oncc1CNC1CC1. The van der Waals surface area contributed by atoms with Gasteiger partial charge in [0.25, 0.3) is 0 Å². The molecular formula is C14H16N2O. The van der Waals surface area contributed by atoms with E-state index in [1.807, 2.05) is 18.3 Å². The van der Waals surface area contributed by atoms with Gasteiger partial charge >= 0.3 is 0 Å². The summed E-state index contributed by atoms with van der Waals surface area (Å²) in [5, 5.41) is 7.41. The molecule has 1 saturated carbocycles. The summed E-state index contributed by atoms with van der Waals surface area (Å²) in [4.78, 5) is 0. The van der Waals surface area contributed by atoms with Crippen LogP contribution < -0.4 is 5.32 Å². The number of hydrogen-bond acceptors (Lipinski definition) is 3. The Morgan fingerprint density at radius 3 is 2.94 bits per heavy atom. The normalized spacial score (nSPS) is 15.1. The van der Waals surface area contributed by atoms with Gasteiger partial charge in [-0.25, -0.2) is 0 Å². The first-order valence-electron chi connectivity index (χ1n) is 6.07. The molecule has 0 atom stereocenters. The van der Waals surface area contributed by atoms with Gasteiger partial charge < -0.3 is 9.84 Å². The van der Waals surface area contributed by atoms with Gasteiger partial charge in [-0.3, -0.25) is 0 Å². The summed E-state index contributed by atoms with van der Waals surface area (Å²) in [6.07, 6.45) is 4.41. The maximum absolute atomic E-state index is 5.39. The Bertz CT molecular complexity index is 514. The molecule has 0 radical (unpaired) electrons. The van der Waals surface area contributed by atoms with Gasteiger partial charge in [-0.05, 0) is 25.3 Å². The Morgan fingerprint density at radius 1 is 1.35 bits per heavy atom. The Morgan fingerprint density at radius 2 is 2.18 bits per heavy atom. The summed E-state index contributed by atoms with van der Waals surface area (Å²) in [5.74, 6) is 0.899. The molecule has 1 aliphatic rings. The minimum Gasteiger partial charge on any atom is -0.356 e. The molecule has 0 aliphatic heterocycles. The number of aromatic nitrogens is 1. The zero-order valence-corrected chi connectivity index (χ0v) is 9.94. The lowest BCUT2D eigenvalue weighted by molar-refractivity contribution is 0.431. The largest absolute Gasteiger partial charge is 0.356 e. The van der Waals surface area contributed by atoms with Crippen molar-refractivity contribution in [2.24, 2.45) is 0 Å². The predicted octanol–water partition coefficient (Wildman–Crippen LogP) is 2.90. The summed E-state index contributed by atoms with van der Waals surface area (Å²) >= 11 is 0. The van der Waals surface area contributed by atoms with Crippen LogP contribution in [0.4, 0.5) is 0 Å². The van der Waals surface area contributed by atoms with Gasteiger partial charge in [-0.2, -0.15) is 0 Å². The average Bonchev–Trinajstić information content (AvgIpc) is 3.06. The van der Waals surface area contributed by atoms with Crippen molar-refractivity contribution in [2.75, 3.05) is 0 Å². The van der Waals surface area contributed by atoms with Crippen LogP contribution in [0.5, 0.6) is 0 Å². The fourth-order valence-electron chi connectivity index (χ4n) is 1.98. The van der Waals surface area contributed by atoms with Crippen molar-refractivity contribution in [1.82, 2.24) is 10.5 Å². The Labute approximate surface area is 101 Å². The predicted molar refractivity (Wildman–Crippen MR) is 66.5 cm³/mol. The fraction of sp³-hybridized carbons (Fsp3) is 0.357. The van der Waals surface area contributed by atoms with E-state index in [1.54, 1.807) is 0 Å². The lowest BCUT2D eigenvalue weighted by Crippen LogP contribution is -2.15. The standard InChI is InChI=1S/C14H16N2O/c1-10-4-2-3-5-13(10)14-11(9-16-17-14)8-15-12-6-7-12/h2-5,9,12,15H,6-8H2,1H3. The minimum absolute atomic E-state index is 0.703. The van der Waals surface area contributed by atoms with E-state index in [0.29, 0.717) is 6.04 Å². The average molecular weight is 228 g/mol. The summed E-state index contributed by atoms with van der Waals surface area (Å²) in [5.41, 5.74) is 3.50. The van der Waals surface area contributed by atoms with Crippen LogP contribution in [0.3, 0.4) is 0 Å². The van der Waals surface area contributed by atoms with Gasteiger partial charge in [0.15, 0.2) is 5.76 Å². The quantitative estimate of drug-likeness (QED) is 0.874. The second kappa shape index (κ2) is 4.34. The molecular weight excluding hydrogens is 212 g/mol. The Balaban J connectivity index is 1.86. The molecule has 3 nitrogen and oxygen atoms in total. The summed E-state index contributed by atoms with van der Waals surface area (Å²) in [7, 11) is 0. The van der Waals surface area contributed by atoms with E-state index in [1.165, 1.54) is 18.4 Å². The second-order valence-electron chi connectivity index (χ2n) is 4.65. The third-order valence-electron chi connectivity index (χ3n) is 3.19. The van der Waals surface area contributed by atoms with E-state index < -0.39 is 0 Å². The van der Waals surface area contributed by atoms with E-state index in [9.17, 15) is 0 Å². The number of nitrogens with zero attached hydrogens (tertiary/aromatic N) is 1. The molecule has 1 aromatic carbocycles. The first-order valence-corrected chi connectivity index (χ1v) is 6.07. The smallest absolute Gasteiger partial charge is 0.171 e. The van der Waals surface area contributed by atoms with Crippen LogP contribution in [0.15, 0.2) is 35.0 Å². The first kappa shape index (κ1) is 10.5. The maximum Gasteiger partial charge on any atom is 0.171 e. The highest BCUT2D eigenvalue weighted by Gasteiger charge is 2.21. The molecule has 1 aliphatic carbocycles. The molecule has 88 valence electrons. The van der Waals surface area contributed by atoms with Crippen LogP contribution in [0.25, 0.3) is 11.3 Å². The topological polar surface area (TPSA) is 38.1 Å². The van der Waals surface area contributed by atoms with Crippen molar-refractivity contribution in [3.8, 4) is 11.3 Å². The van der Waals surface area contributed by atoms with Crippen LogP contribution in [0.2, 0.25) is 0 Å². The van der Waals surface area contributed by atoms with Gasteiger partial charge in [-0.1, -0.05) is 29.4 Å². The van der Waals surface area contributed by atoms with Crippen LogP contribution in [0, 0.1) is 6.92 Å². The lowest BCUT2D eigenvalue weighted by atomic mass is 10.0. The summed E-state index contributed by atoms with van der Waals surface area (Å²) in [6.45, 7) is 2.94. The third kappa shape index (κ3) is 2.24. The molecule has 17 heavy (non-hydrogen) atoms. The molecule has 1 fully saturated rings. The molecule has 1 aromatic heterocycles. The van der Waals surface area contributed by atoms with Crippen LogP contribution in [-0.4, -0.2) is 11.2 Å². The van der Waals surface area contributed by atoms with Crippen molar-refractivity contribution < 1.29 is 4.52 Å². The van der Waals surface area contributed by atoms with Gasteiger partial charge in [0.1, 0.15) is 0 Å². The molecule has 0 amide bonds. The molecule has 2 aromatic rings. The molecule has 1 heterocycles. The number of rotatable bonds is 4. The van der Waals surface area contributed by atoms with E-state index >= 15 is 0 Å².